The Hall–Kier alpha value is -1.10. The van der Waals surface area contributed by atoms with Crippen LogP contribution in [-0.4, -0.2) is 59.0 Å². The Kier molecular flexibility index (Phi) is 3.66. The lowest BCUT2D eigenvalue weighted by atomic mass is 10.1. The molecular weight excluding hydrogens is 220 g/mol. The van der Waals surface area contributed by atoms with Crippen molar-refractivity contribution in [3.05, 3.63) is 0 Å². The van der Waals surface area contributed by atoms with Crippen LogP contribution in [0.15, 0.2) is 0 Å². The van der Waals surface area contributed by atoms with Crippen LogP contribution < -0.4 is 0 Å². The van der Waals surface area contributed by atoms with Crippen LogP contribution in [0.2, 0.25) is 0 Å². The van der Waals surface area contributed by atoms with Gasteiger partial charge in [0.25, 0.3) is 0 Å². The van der Waals surface area contributed by atoms with Crippen LogP contribution in [0, 0.1) is 5.92 Å². The van der Waals surface area contributed by atoms with Crippen molar-refractivity contribution in [3.63, 3.8) is 0 Å². The van der Waals surface area contributed by atoms with E-state index in [9.17, 15) is 9.59 Å². The Balaban J connectivity index is 1.79. The number of carbonyl (C=O) groups is 2. The predicted octanol–water partition coefficient (Wildman–Crippen LogP) is 0.404. The van der Waals surface area contributed by atoms with Gasteiger partial charge in [0.15, 0.2) is 0 Å². The molecule has 0 unspecified atom stereocenters. The highest BCUT2D eigenvalue weighted by Crippen LogP contribution is 2.29. The van der Waals surface area contributed by atoms with E-state index >= 15 is 0 Å². The zero-order valence-electron chi connectivity index (χ0n) is 10.3. The summed E-state index contributed by atoms with van der Waals surface area (Å²) < 4.78 is 0. The number of carboxylic acid groups (broad SMARTS) is 1. The normalized spacial score (nSPS) is 24.9. The van der Waals surface area contributed by atoms with Gasteiger partial charge in [-0.3, -0.25) is 14.5 Å². The third-order valence-electron chi connectivity index (χ3n) is 3.58. The molecule has 0 spiro atoms. The number of carboxylic acids is 1. The van der Waals surface area contributed by atoms with Crippen LogP contribution >= 0.6 is 0 Å². The summed E-state index contributed by atoms with van der Waals surface area (Å²) in [4.78, 5) is 26.0. The molecule has 1 N–H and O–H groups in total. The standard InChI is InChI=1S/C12H20N2O3/c1-9(15)14(11-2-3-11)7-10-4-5-13(6-10)8-12(16)17/h10-11H,2-8H2,1H3,(H,16,17)/t10-/m1/s1. The minimum atomic E-state index is -0.767. The van der Waals surface area contributed by atoms with Gasteiger partial charge in [-0.25, -0.2) is 0 Å². The SMILES string of the molecule is CC(=O)N(C[C@@H]1CCN(CC(=O)O)C1)C1CC1. The Morgan fingerprint density at radius 2 is 2.06 bits per heavy atom. The zero-order chi connectivity index (χ0) is 12.4. The van der Waals surface area contributed by atoms with Crippen molar-refractivity contribution in [2.75, 3.05) is 26.2 Å². The molecule has 2 fully saturated rings. The summed E-state index contributed by atoms with van der Waals surface area (Å²) in [6.45, 7) is 4.20. The first-order valence-electron chi connectivity index (χ1n) is 6.27. The number of carbonyl (C=O) groups excluding carboxylic acids is 1. The number of amides is 1. The highest BCUT2D eigenvalue weighted by atomic mass is 16.4. The second-order valence-corrected chi connectivity index (χ2v) is 5.19. The number of aliphatic carboxylic acids is 1. The van der Waals surface area contributed by atoms with Gasteiger partial charge in [-0.05, 0) is 31.7 Å². The van der Waals surface area contributed by atoms with E-state index in [1.165, 1.54) is 0 Å². The fraction of sp³-hybridized carbons (Fsp3) is 0.833. The van der Waals surface area contributed by atoms with Crippen LogP contribution in [0.3, 0.4) is 0 Å². The lowest BCUT2D eigenvalue weighted by Gasteiger charge is -2.24. The van der Waals surface area contributed by atoms with Gasteiger partial charge in [-0.2, -0.15) is 0 Å². The molecule has 1 amide bonds. The molecule has 0 radical (unpaired) electrons. The van der Waals surface area contributed by atoms with Gasteiger partial charge >= 0.3 is 5.97 Å². The summed E-state index contributed by atoms with van der Waals surface area (Å²) in [5.41, 5.74) is 0. The van der Waals surface area contributed by atoms with Crippen LogP contribution in [0.1, 0.15) is 26.2 Å². The van der Waals surface area contributed by atoms with Gasteiger partial charge in [-0.15, -0.1) is 0 Å². The maximum absolute atomic E-state index is 11.5. The van der Waals surface area contributed by atoms with Crippen molar-refractivity contribution in [2.24, 2.45) is 5.92 Å². The molecule has 2 aliphatic rings. The molecule has 0 bridgehead atoms. The minimum Gasteiger partial charge on any atom is -0.480 e. The number of likely N-dealkylation sites (tertiary alicyclic amines) is 1. The van der Waals surface area contributed by atoms with E-state index in [1.54, 1.807) is 6.92 Å². The van der Waals surface area contributed by atoms with Gasteiger partial charge in [0.2, 0.25) is 5.91 Å². The van der Waals surface area contributed by atoms with E-state index in [4.69, 9.17) is 5.11 Å². The molecule has 1 aliphatic heterocycles. The Labute approximate surface area is 101 Å². The average molecular weight is 240 g/mol. The number of nitrogens with zero attached hydrogens (tertiary/aromatic N) is 2. The second-order valence-electron chi connectivity index (χ2n) is 5.19. The topological polar surface area (TPSA) is 60.9 Å². The molecule has 1 aliphatic carbocycles. The van der Waals surface area contributed by atoms with Gasteiger partial charge in [0.1, 0.15) is 0 Å². The molecule has 5 nitrogen and oxygen atoms in total. The first-order valence-corrected chi connectivity index (χ1v) is 6.27. The van der Waals surface area contributed by atoms with Crippen LogP contribution in [0.5, 0.6) is 0 Å². The molecule has 1 atom stereocenters. The summed E-state index contributed by atoms with van der Waals surface area (Å²) in [5, 5.41) is 8.72. The molecule has 0 aromatic rings. The highest BCUT2D eigenvalue weighted by Gasteiger charge is 2.34. The van der Waals surface area contributed by atoms with Crippen molar-refractivity contribution < 1.29 is 14.7 Å². The van der Waals surface area contributed by atoms with Crippen molar-refractivity contribution in [3.8, 4) is 0 Å². The van der Waals surface area contributed by atoms with E-state index in [0.29, 0.717) is 12.0 Å². The van der Waals surface area contributed by atoms with Gasteiger partial charge in [0.05, 0.1) is 6.54 Å². The van der Waals surface area contributed by atoms with Crippen molar-refractivity contribution in [1.82, 2.24) is 9.80 Å². The highest BCUT2D eigenvalue weighted by molar-refractivity contribution is 5.74. The van der Waals surface area contributed by atoms with Crippen LogP contribution in [-0.2, 0) is 9.59 Å². The van der Waals surface area contributed by atoms with Crippen molar-refractivity contribution in [1.29, 1.82) is 0 Å². The van der Waals surface area contributed by atoms with E-state index in [1.807, 2.05) is 9.80 Å². The van der Waals surface area contributed by atoms with Crippen molar-refractivity contribution >= 4 is 11.9 Å². The molecule has 0 aromatic heterocycles. The second kappa shape index (κ2) is 5.04. The molecule has 2 rings (SSSR count). The quantitative estimate of drug-likeness (QED) is 0.756. The van der Waals surface area contributed by atoms with E-state index in [2.05, 4.69) is 0 Å². The Bertz CT molecular complexity index is 315. The molecule has 1 saturated carbocycles. The summed E-state index contributed by atoms with van der Waals surface area (Å²) in [7, 11) is 0. The lowest BCUT2D eigenvalue weighted by molar-refractivity contribution is -0.138. The Morgan fingerprint density at radius 1 is 1.35 bits per heavy atom. The lowest BCUT2D eigenvalue weighted by Crippen LogP contribution is -2.37. The number of hydrogen-bond donors (Lipinski definition) is 1. The maximum Gasteiger partial charge on any atom is 0.317 e. The molecule has 96 valence electrons. The first kappa shape index (κ1) is 12.4. The molecular formula is C12H20N2O3. The summed E-state index contributed by atoms with van der Waals surface area (Å²) in [6.07, 6.45) is 3.26. The van der Waals surface area contributed by atoms with Crippen molar-refractivity contribution in [2.45, 2.75) is 32.2 Å². The summed E-state index contributed by atoms with van der Waals surface area (Å²) in [5.74, 6) is -0.167. The number of rotatable bonds is 5. The third kappa shape index (κ3) is 3.43. The van der Waals surface area contributed by atoms with E-state index < -0.39 is 5.97 Å². The molecule has 1 heterocycles. The smallest absolute Gasteiger partial charge is 0.317 e. The monoisotopic (exact) mass is 240 g/mol. The largest absolute Gasteiger partial charge is 0.480 e. The van der Waals surface area contributed by atoms with E-state index in [0.717, 1.165) is 38.9 Å². The average Bonchev–Trinajstić information content (AvgIpc) is 2.97. The zero-order valence-corrected chi connectivity index (χ0v) is 10.3. The minimum absolute atomic E-state index is 0.125. The third-order valence-corrected chi connectivity index (χ3v) is 3.58. The van der Waals surface area contributed by atoms with Gasteiger partial charge in [0, 0.05) is 26.1 Å². The van der Waals surface area contributed by atoms with Crippen LogP contribution in [0.25, 0.3) is 0 Å². The summed E-state index contributed by atoms with van der Waals surface area (Å²) >= 11 is 0. The van der Waals surface area contributed by atoms with Crippen LogP contribution in [0.4, 0.5) is 0 Å². The fourth-order valence-electron chi connectivity index (χ4n) is 2.60. The van der Waals surface area contributed by atoms with Gasteiger partial charge < -0.3 is 10.0 Å². The summed E-state index contributed by atoms with van der Waals surface area (Å²) in [6, 6.07) is 0.459. The molecule has 17 heavy (non-hydrogen) atoms. The predicted molar refractivity (Wildman–Crippen MR) is 62.6 cm³/mol. The maximum atomic E-state index is 11.5. The molecule has 5 heteroatoms. The van der Waals surface area contributed by atoms with E-state index in [-0.39, 0.29) is 12.5 Å². The molecule has 1 saturated heterocycles. The molecule has 0 aromatic carbocycles. The Morgan fingerprint density at radius 3 is 2.59 bits per heavy atom. The number of hydrogen-bond acceptors (Lipinski definition) is 3. The first-order chi connectivity index (χ1) is 8.06. The fourth-order valence-corrected chi connectivity index (χ4v) is 2.60. The van der Waals surface area contributed by atoms with Gasteiger partial charge in [-0.1, -0.05) is 0 Å².